The van der Waals surface area contributed by atoms with E-state index in [1.165, 1.54) is 5.56 Å². The van der Waals surface area contributed by atoms with Crippen molar-refractivity contribution in [2.45, 2.75) is 13.3 Å². The molecule has 0 heterocycles. The summed E-state index contributed by atoms with van der Waals surface area (Å²) in [6.07, 6.45) is 6.77. The maximum Gasteiger partial charge on any atom is 0.135 e. The van der Waals surface area contributed by atoms with Crippen molar-refractivity contribution in [2.75, 3.05) is 14.2 Å². The molecule has 0 aliphatic carbocycles. The normalized spacial score (nSPS) is 10.7. The summed E-state index contributed by atoms with van der Waals surface area (Å²) in [5.41, 5.74) is 4.23. The molecule has 0 amide bonds. The van der Waals surface area contributed by atoms with Crippen molar-refractivity contribution in [3.63, 3.8) is 0 Å². The fourth-order valence-electron chi connectivity index (χ4n) is 2.49. The first-order valence-corrected chi connectivity index (χ1v) is 7.24. The lowest BCUT2D eigenvalue weighted by Gasteiger charge is -2.15. The Morgan fingerprint density at radius 1 is 1.18 bits per heavy atom. The molecule has 2 rings (SSSR count). The Balaban J connectivity index is 2.67. The highest BCUT2D eigenvalue weighted by atomic mass is 16.5. The Hall–Kier alpha value is -2.48. The van der Waals surface area contributed by atoms with Gasteiger partial charge in [-0.25, -0.2) is 0 Å². The fraction of sp³-hybridized carbons (Fsp3) is 0.200. The second kappa shape index (κ2) is 7.51. The Bertz CT molecular complexity index is 684. The minimum Gasteiger partial charge on any atom is -0.496 e. The van der Waals surface area contributed by atoms with Crippen molar-refractivity contribution >= 4 is 6.08 Å². The predicted octanol–water partition coefficient (Wildman–Crippen LogP) is 4.93. The molecule has 0 fully saturated rings. The van der Waals surface area contributed by atoms with Gasteiger partial charge in [0.05, 0.1) is 14.2 Å². The number of methoxy groups -OCH3 is 2. The summed E-state index contributed by atoms with van der Waals surface area (Å²) in [4.78, 5) is 0. The van der Waals surface area contributed by atoms with Crippen LogP contribution in [0.1, 0.15) is 18.1 Å². The van der Waals surface area contributed by atoms with E-state index in [0.717, 1.165) is 28.9 Å². The Kier molecular flexibility index (Phi) is 5.42. The molecule has 0 unspecified atom stereocenters. The summed E-state index contributed by atoms with van der Waals surface area (Å²) in [5.74, 6) is 1.54. The van der Waals surface area contributed by atoms with Crippen LogP contribution in [0.25, 0.3) is 17.2 Å². The molecule has 0 bridgehead atoms. The Morgan fingerprint density at radius 3 is 2.64 bits per heavy atom. The quantitative estimate of drug-likeness (QED) is 0.703. The van der Waals surface area contributed by atoms with Gasteiger partial charge in [0.2, 0.25) is 0 Å². The van der Waals surface area contributed by atoms with Gasteiger partial charge in [-0.05, 0) is 36.6 Å². The van der Waals surface area contributed by atoms with Crippen molar-refractivity contribution in [3.8, 4) is 22.6 Å². The van der Waals surface area contributed by atoms with Crippen molar-refractivity contribution < 1.29 is 9.47 Å². The zero-order chi connectivity index (χ0) is 15.9. The van der Waals surface area contributed by atoms with Gasteiger partial charge in [0.15, 0.2) is 0 Å². The molecule has 0 aliphatic rings. The van der Waals surface area contributed by atoms with Crippen LogP contribution in [-0.2, 0) is 6.42 Å². The average Bonchev–Trinajstić information content (AvgIpc) is 2.55. The zero-order valence-corrected chi connectivity index (χ0v) is 13.3. The monoisotopic (exact) mass is 293 g/mol. The van der Waals surface area contributed by atoms with Gasteiger partial charge in [0, 0.05) is 17.2 Å². The van der Waals surface area contributed by atoms with Gasteiger partial charge in [-0.1, -0.05) is 36.4 Å². The lowest BCUT2D eigenvalue weighted by atomic mass is 9.95. The fourth-order valence-corrected chi connectivity index (χ4v) is 2.49. The number of ether oxygens (including phenoxy) is 2. The van der Waals surface area contributed by atoms with E-state index in [4.69, 9.17) is 9.47 Å². The van der Waals surface area contributed by atoms with E-state index in [1.807, 2.05) is 37.3 Å². The standard InChI is InChI=1S/C20H21O2/c1-5-8-15-12-13-17(19(14-15)22-4)20-16(9-6-2)10-7-11-18(20)21-3/h5-7,9-10,12-14H,1,8H2,2-4H3. The van der Waals surface area contributed by atoms with Gasteiger partial charge in [-0.3, -0.25) is 0 Å². The zero-order valence-electron chi connectivity index (χ0n) is 13.3. The number of benzene rings is 2. The Morgan fingerprint density at radius 2 is 2.00 bits per heavy atom. The molecule has 0 N–H and O–H groups in total. The van der Waals surface area contributed by atoms with E-state index in [0.29, 0.717) is 5.75 Å². The van der Waals surface area contributed by atoms with E-state index in [2.05, 4.69) is 30.9 Å². The third kappa shape index (κ3) is 3.22. The van der Waals surface area contributed by atoms with Crippen molar-refractivity contribution in [3.05, 3.63) is 66.3 Å². The van der Waals surface area contributed by atoms with E-state index < -0.39 is 0 Å². The van der Waals surface area contributed by atoms with Crippen LogP contribution in [0, 0.1) is 6.07 Å². The van der Waals surface area contributed by atoms with Gasteiger partial charge >= 0.3 is 0 Å². The van der Waals surface area contributed by atoms with Crippen molar-refractivity contribution in [1.29, 1.82) is 0 Å². The molecule has 1 radical (unpaired) electrons. The minimum atomic E-state index is 0.713. The third-order valence-electron chi connectivity index (χ3n) is 3.46. The molecule has 2 nitrogen and oxygen atoms in total. The predicted molar refractivity (Wildman–Crippen MR) is 92.4 cm³/mol. The van der Waals surface area contributed by atoms with Crippen LogP contribution in [0.3, 0.4) is 0 Å². The van der Waals surface area contributed by atoms with Crippen LogP contribution in [0.4, 0.5) is 0 Å². The first-order chi connectivity index (χ1) is 10.7. The largest absolute Gasteiger partial charge is 0.496 e. The minimum absolute atomic E-state index is 0.713. The third-order valence-corrected chi connectivity index (χ3v) is 3.46. The highest BCUT2D eigenvalue weighted by Gasteiger charge is 2.15. The summed E-state index contributed by atoms with van der Waals surface area (Å²) >= 11 is 0. The van der Waals surface area contributed by atoms with Crippen LogP contribution >= 0.6 is 0 Å². The van der Waals surface area contributed by atoms with Gasteiger partial charge in [-0.15, -0.1) is 6.58 Å². The summed E-state index contributed by atoms with van der Waals surface area (Å²) in [5, 5.41) is 0. The molecule has 0 aromatic heterocycles. The lowest BCUT2D eigenvalue weighted by molar-refractivity contribution is 0.409. The van der Waals surface area contributed by atoms with Crippen LogP contribution < -0.4 is 9.47 Å². The van der Waals surface area contributed by atoms with Crippen LogP contribution in [0.15, 0.2) is 49.1 Å². The summed E-state index contributed by atoms with van der Waals surface area (Å²) in [6.45, 7) is 5.78. The van der Waals surface area contributed by atoms with E-state index in [-0.39, 0.29) is 0 Å². The number of hydrogen-bond donors (Lipinski definition) is 0. The van der Waals surface area contributed by atoms with Gasteiger partial charge < -0.3 is 9.47 Å². The molecule has 2 heteroatoms. The second-order valence-corrected chi connectivity index (χ2v) is 4.87. The van der Waals surface area contributed by atoms with Gasteiger partial charge in [0.1, 0.15) is 11.5 Å². The maximum atomic E-state index is 5.59. The summed E-state index contributed by atoms with van der Waals surface area (Å²) < 4.78 is 11.1. The molecule has 0 aliphatic heterocycles. The maximum absolute atomic E-state index is 5.59. The van der Waals surface area contributed by atoms with Gasteiger partial charge in [-0.2, -0.15) is 0 Å². The molecular formula is C20H21O2. The van der Waals surface area contributed by atoms with Crippen LogP contribution in [0.2, 0.25) is 0 Å². The average molecular weight is 293 g/mol. The number of rotatable bonds is 6. The molecule has 22 heavy (non-hydrogen) atoms. The van der Waals surface area contributed by atoms with Crippen molar-refractivity contribution in [1.82, 2.24) is 0 Å². The van der Waals surface area contributed by atoms with Crippen LogP contribution in [-0.4, -0.2) is 14.2 Å². The smallest absolute Gasteiger partial charge is 0.135 e. The van der Waals surface area contributed by atoms with E-state index in [1.54, 1.807) is 14.2 Å². The summed E-state index contributed by atoms with van der Waals surface area (Å²) in [6, 6.07) is 13.2. The van der Waals surface area contributed by atoms with Crippen LogP contribution in [0.5, 0.6) is 11.5 Å². The molecule has 0 atom stereocenters. The SMILES string of the molecule is C=CCc1ccc(-c2c(OC)[c]ccc2C=CC)c(OC)c1. The highest BCUT2D eigenvalue weighted by Crippen LogP contribution is 2.39. The molecule has 2 aromatic carbocycles. The van der Waals surface area contributed by atoms with Gasteiger partial charge in [0.25, 0.3) is 0 Å². The molecule has 0 spiro atoms. The number of allylic oxidation sites excluding steroid dienone is 2. The molecular weight excluding hydrogens is 272 g/mol. The second-order valence-electron chi connectivity index (χ2n) is 4.87. The highest BCUT2D eigenvalue weighted by molar-refractivity contribution is 5.83. The molecule has 0 saturated heterocycles. The first kappa shape index (κ1) is 15.9. The lowest BCUT2D eigenvalue weighted by Crippen LogP contribution is -1.95. The summed E-state index contributed by atoms with van der Waals surface area (Å²) in [7, 11) is 3.35. The molecule has 2 aromatic rings. The molecule has 0 saturated carbocycles. The topological polar surface area (TPSA) is 18.5 Å². The van der Waals surface area contributed by atoms with E-state index >= 15 is 0 Å². The molecule has 113 valence electrons. The number of hydrogen-bond acceptors (Lipinski definition) is 2. The van der Waals surface area contributed by atoms with E-state index in [9.17, 15) is 0 Å². The first-order valence-electron chi connectivity index (χ1n) is 7.24. The van der Waals surface area contributed by atoms with Crippen molar-refractivity contribution in [2.24, 2.45) is 0 Å². The Labute approximate surface area is 132 Å².